The Morgan fingerprint density at radius 1 is 1.28 bits per heavy atom. The average molecular weight is 413 g/mol. The van der Waals surface area contributed by atoms with Crippen molar-refractivity contribution in [2.75, 3.05) is 0 Å². The molecule has 6 heteroatoms. The monoisotopic (exact) mass is 414 g/mol. The molecule has 6 atom stereocenters. The van der Waals surface area contributed by atoms with Gasteiger partial charge in [-0.15, -0.1) is 0 Å². The average Bonchev–Trinajstić information content (AvgIpc) is 2.94. The zero-order valence-corrected chi connectivity index (χ0v) is 16.3. The number of carbonyl (C=O) groups is 1. The van der Waals surface area contributed by atoms with E-state index in [1.54, 1.807) is 6.92 Å². The SMILES string of the molecule is CC(=O)O[C@H]1CC[C@@H](O)[C@H]2C[C@H]([Se]c3ccccc3)[C@@H](C[C@@]1(C)O)O2. The van der Waals surface area contributed by atoms with Gasteiger partial charge >= 0.3 is 155 Å². The molecule has 0 radical (unpaired) electrons. The molecule has 2 fully saturated rings. The second-order valence-electron chi connectivity index (χ2n) is 7.22. The molecule has 25 heavy (non-hydrogen) atoms. The number of fused-ring (bicyclic) bond motifs is 2. The van der Waals surface area contributed by atoms with Crippen LogP contribution in [0.2, 0.25) is 4.82 Å². The summed E-state index contributed by atoms with van der Waals surface area (Å²) in [6.07, 6.45) is 0.574. The van der Waals surface area contributed by atoms with Crippen LogP contribution in [0.25, 0.3) is 0 Å². The quantitative estimate of drug-likeness (QED) is 0.575. The number of ether oxygens (including phenoxy) is 2. The molecule has 138 valence electrons. The van der Waals surface area contributed by atoms with Crippen LogP contribution in [-0.2, 0) is 14.3 Å². The molecule has 2 saturated heterocycles. The zero-order chi connectivity index (χ0) is 18.0. The van der Waals surface area contributed by atoms with Gasteiger partial charge in [0.25, 0.3) is 0 Å². The molecule has 1 aromatic carbocycles. The van der Waals surface area contributed by atoms with Crippen molar-refractivity contribution < 1.29 is 24.5 Å². The summed E-state index contributed by atoms with van der Waals surface area (Å²) < 4.78 is 12.8. The first-order valence-electron chi connectivity index (χ1n) is 8.80. The summed E-state index contributed by atoms with van der Waals surface area (Å²) in [7, 11) is 0. The topological polar surface area (TPSA) is 76.0 Å². The first-order chi connectivity index (χ1) is 11.8. The van der Waals surface area contributed by atoms with Gasteiger partial charge in [0.1, 0.15) is 0 Å². The molecular weight excluding hydrogens is 387 g/mol. The van der Waals surface area contributed by atoms with Gasteiger partial charge in [0.05, 0.1) is 0 Å². The molecule has 2 bridgehead atoms. The Kier molecular flexibility index (Phi) is 5.86. The number of hydrogen-bond donors (Lipinski definition) is 2. The fourth-order valence-corrected chi connectivity index (χ4v) is 6.37. The summed E-state index contributed by atoms with van der Waals surface area (Å²) in [5.74, 6) is -0.407. The predicted octanol–water partition coefficient (Wildman–Crippen LogP) is 1.19. The van der Waals surface area contributed by atoms with E-state index < -0.39 is 23.8 Å². The van der Waals surface area contributed by atoms with Crippen molar-refractivity contribution in [1.82, 2.24) is 0 Å². The number of benzene rings is 1. The number of esters is 1. The Labute approximate surface area is 154 Å². The van der Waals surface area contributed by atoms with Gasteiger partial charge in [0, 0.05) is 0 Å². The van der Waals surface area contributed by atoms with E-state index in [1.807, 2.05) is 18.2 Å². The van der Waals surface area contributed by atoms with E-state index >= 15 is 0 Å². The van der Waals surface area contributed by atoms with Gasteiger partial charge in [-0.1, -0.05) is 0 Å². The van der Waals surface area contributed by atoms with Crippen molar-refractivity contribution in [3.8, 4) is 0 Å². The molecular formula is C19H26O5Se. The number of aliphatic hydroxyl groups excluding tert-OH is 1. The molecule has 3 rings (SSSR count). The predicted molar refractivity (Wildman–Crippen MR) is 94.9 cm³/mol. The van der Waals surface area contributed by atoms with Crippen LogP contribution in [0.15, 0.2) is 30.3 Å². The maximum atomic E-state index is 11.4. The summed E-state index contributed by atoms with van der Waals surface area (Å²) in [4.78, 5) is 11.7. The molecule has 1 aromatic rings. The van der Waals surface area contributed by atoms with Crippen molar-refractivity contribution in [1.29, 1.82) is 0 Å². The van der Waals surface area contributed by atoms with Crippen LogP contribution in [-0.4, -0.2) is 61.2 Å². The van der Waals surface area contributed by atoms with Gasteiger partial charge in [-0.2, -0.15) is 0 Å². The van der Waals surface area contributed by atoms with E-state index in [2.05, 4.69) is 12.1 Å². The van der Waals surface area contributed by atoms with Gasteiger partial charge in [-0.05, 0) is 0 Å². The third kappa shape index (κ3) is 4.63. The second-order valence-corrected chi connectivity index (χ2v) is 9.98. The van der Waals surface area contributed by atoms with Crippen molar-refractivity contribution in [2.45, 2.75) is 74.4 Å². The molecule has 0 aromatic heterocycles. The van der Waals surface area contributed by atoms with Gasteiger partial charge in [-0.25, -0.2) is 0 Å². The third-order valence-corrected chi connectivity index (χ3v) is 7.85. The van der Waals surface area contributed by atoms with Crippen LogP contribution in [0, 0.1) is 0 Å². The second kappa shape index (κ2) is 7.77. The van der Waals surface area contributed by atoms with E-state index in [-0.39, 0.29) is 32.0 Å². The normalized spacial score (nSPS) is 38.5. The van der Waals surface area contributed by atoms with Crippen LogP contribution in [0.1, 0.15) is 39.5 Å². The number of rotatable bonds is 3. The molecule has 2 aliphatic rings. The number of hydrogen-bond acceptors (Lipinski definition) is 5. The Morgan fingerprint density at radius 3 is 2.68 bits per heavy atom. The van der Waals surface area contributed by atoms with Gasteiger partial charge in [-0.3, -0.25) is 0 Å². The first kappa shape index (κ1) is 18.9. The third-order valence-electron chi connectivity index (χ3n) is 5.03. The molecule has 2 aliphatic heterocycles. The molecule has 5 nitrogen and oxygen atoms in total. The molecule has 2 heterocycles. The summed E-state index contributed by atoms with van der Waals surface area (Å²) in [6, 6.07) is 10.3. The zero-order valence-electron chi connectivity index (χ0n) is 14.6. The molecule has 0 unspecified atom stereocenters. The maximum absolute atomic E-state index is 11.4. The van der Waals surface area contributed by atoms with Gasteiger partial charge in [0.2, 0.25) is 0 Å². The molecule has 2 N–H and O–H groups in total. The summed E-state index contributed by atoms with van der Waals surface area (Å²) in [6.45, 7) is 3.06. The first-order valence-corrected chi connectivity index (χ1v) is 10.6. The summed E-state index contributed by atoms with van der Waals surface area (Å²) in [5, 5.41) is 21.5. The van der Waals surface area contributed by atoms with E-state index in [0.717, 1.165) is 6.42 Å². The minimum atomic E-state index is -1.17. The molecule has 0 spiro atoms. The Morgan fingerprint density at radius 2 is 2.00 bits per heavy atom. The molecule has 0 aliphatic carbocycles. The Hall–Kier alpha value is -0.911. The van der Waals surface area contributed by atoms with Crippen molar-refractivity contribution in [3.05, 3.63) is 30.3 Å². The van der Waals surface area contributed by atoms with Gasteiger partial charge in [0.15, 0.2) is 0 Å². The van der Waals surface area contributed by atoms with Crippen LogP contribution in [0.5, 0.6) is 0 Å². The molecule has 0 saturated carbocycles. The Bertz CT molecular complexity index is 591. The van der Waals surface area contributed by atoms with Crippen molar-refractivity contribution >= 4 is 25.4 Å². The Balaban J connectivity index is 1.79. The van der Waals surface area contributed by atoms with Crippen LogP contribution in [0.4, 0.5) is 0 Å². The van der Waals surface area contributed by atoms with Crippen LogP contribution < -0.4 is 4.46 Å². The summed E-state index contributed by atoms with van der Waals surface area (Å²) in [5.41, 5.74) is -1.17. The van der Waals surface area contributed by atoms with E-state index in [9.17, 15) is 15.0 Å². The summed E-state index contributed by atoms with van der Waals surface area (Å²) >= 11 is 0.201. The van der Waals surface area contributed by atoms with Gasteiger partial charge < -0.3 is 0 Å². The van der Waals surface area contributed by atoms with Crippen LogP contribution in [0.3, 0.4) is 0 Å². The number of carbonyl (C=O) groups excluding carboxylic acids is 1. The molecule has 0 amide bonds. The van der Waals surface area contributed by atoms with Crippen molar-refractivity contribution in [2.24, 2.45) is 0 Å². The van der Waals surface area contributed by atoms with E-state index in [1.165, 1.54) is 11.4 Å². The minimum absolute atomic E-state index is 0.133. The van der Waals surface area contributed by atoms with E-state index in [4.69, 9.17) is 9.47 Å². The fraction of sp³-hybridized carbons (Fsp3) is 0.632. The van der Waals surface area contributed by atoms with Crippen LogP contribution >= 0.6 is 0 Å². The number of aliphatic hydroxyl groups is 2. The van der Waals surface area contributed by atoms with Crippen molar-refractivity contribution in [3.63, 3.8) is 0 Å². The standard InChI is InChI=1S/C19H26O5Se/c1-12(20)23-18-9-8-14(21)15-10-17(16(24-15)11-19(18,2)22)25-13-6-4-3-5-7-13/h3-7,14-18,21-22H,8-11H2,1-2H3/t14-,15-,16-,17+,18+,19-/m1/s1. The fourth-order valence-electron chi connectivity index (χ4n) is 3.72. The van der Waals surface area contributed by atoms with E-state index in [0.29, 0.717) is 19.3 Å².